The SMILES string of the molecule is CC(C)=O.COC.CS(C)(=O)=O.CSC. The minimum atomic E-state index is -2.67. The minimum Gasteiger partial charge on any atom is -0.388 e. The molecule has 0 unspecified atom stereocenters. The van der Waals surface area contributed by atoms with Gasteiger partial charge in [-0.05, 0) is 26.4 Å². The highest BCUT2D eigenvalue weighted by Crippen LogP contribution is 1.70. The summed E-state index contributed by atoms with van der Waals surface area (Å²) in [5.74, 6) is 0.167. The van der Waals surface area contributed by atoms with Crippen LogP contribution in [0.1, 0.15) is 13.8 Å². The number of carbonyl (C=O) groups is 1. The molecule has 0 heterocycles. The summed E-state index contributed by atoms with van der Waals surface area (Å²) in [4.78, 5) is 9.44. The molecule has 6 heteroatoms. The third-order valence-corrected chi connectivity index (χ3v) is 0. The van der Waals surface area contributed by atoms with Gasteiger partial charge in [0.15, 0.2) is 0 Å². The molecule has 0 N–H and O–H groups in total. The van der Waals surface area contributed by atoms with Gasteiger partial charge in [0.05, 0.1) is 0 Å². The highest BCUT2D eigenvalue weighted by atomic mass is 32.2. The Hall–Kier alpha value is -0.0700. The zero-order valence-corrected chi connectivity index (χ0v) is 12.6. The molecule has 15 heavy (non-hydrogen) atoms. The third-order valence-electron chi connectivity index (χ3n) is 0. The first-order valence-corrected chi connectivity index (χ1v) is 7.92. The Balaban J connectivity index is -0.0000000553. The number of hydrogen-bond acceptors (Lipinski definition) is 5. The van der Waals surface area contributed by atoms with Crippen LogP contribution in [0.15, 0.2) is 0 Å². The minimum absolute atomic E-state index is 0.167. The van der Waals surface area contributed by atoms with Crippen molar-refractivity contribution in [2.45, 2.75) is 13.8 Å². The van der Waals surface area contributed by atoms with Crippen molar-refractivity contribution in [2.75, 3.05) is 39.2 Å². The second-order valence-electron chi connectivity index (χ2n) is 2.87. The highest BCUT2D eigenvalue weighted by Gasteiger charge is 1.79. The zero-order valence-electron chi connectivity index (χ0n) is 10.9. The van der Waals surface area contributed by atoms with Gasteiger partial charge in [0.2, 0.25) is 0 Å². The van der Waals surface area contributed by atoms with Crippen molar-refractivity contribution >= 4 is 27.4 Å². The molecule has 0 aliphatic rings. The number of ether oxygens (including phenoxy) is 1. The van der Waals surface area contributed by atoms with Gasteiger partial charge in [-0.25, -0.2) is 8.42 Å². The van der Waals surface area contributed by atoms with E-state index in [9.17, 15) is 13.2 Å². The van der Waals surface area contributed by atoms with E-state index in [0.29, 0.717) is 0 Å². The van der Waals surface area contributed by atoms with Gasteiger partial charge in [0.25, 0.3) is 0 Å². The summed E-state index contributed by atoms with van der Waals surface area (Å²) in [6, 6.07) is 0. The Bertz CT molecular complexity index is 184. The molecular weight excluding hydrogens is 236 g/mol. The first-order chi connectivity index (χ1) is 6.56. The summed E-state index contributed by atoms with van der Waals surface area (Å²) in [6.45, 7) is 3.06. The fraction of sp³-hybridized carbons (Fsp3) is 0.889. The van der Waals surface area contributed by atoms with Crippen LogP contribution in [0.3, 0.4) is 0 Å². The summed E-state index contributed by atoms with van der Waals surface area (Å²) in [7, 11) is 0.583. The van der Waals surface area contributed by atoms with Gasteiger partial charge in [-0.3, -0.25) is 0 Å². The van der Waals surface area contributed by atoms with E-state index in [-0.39, 0.29) is 5.78 Å². The van der Waals surface area contributed by atoms with E-state index in [1.165, 1.54) is 13.8 Å². The number of rotatable bonds is 0. The number of sulfone groups is 1. The first kappa shape index (κ1) is 24.3. The monoisotopic (exact) mass is 260 g/mol. The fourth-order valence-electron chi connectivity index (χ4n) is 0. The van der Waals surface area contributed by atoms with Gasteiger partial charge < -0.3 is 9.53 Å². The Morgan fingerprint density at radius 3 is 1.07 bits per heavy atom. The number of carbonyl (C=O) groups excluding carboxylic acids is 1. The molecule has 0 saturated heterocycles. The maximum Gasteiger partial charge on any atom is 0.144 e. The summed E-state index contributed by atoms with van der Waals surface area (Å²) >= 11 is 1.75. The van der Waals surface area contributed by atoms with Crippen molar-refractivity contribution in [3.8, 4) is 0 Å². The number of thioether (sulfide) groups is 1. The molecule has 0 amide bonds. The lowest BCUT2D eigenvalue weighted by Crippen LogP contribution is -1.86. The van der Waals surface area contributed by atoms with E-state index in [0.717, 1.165) is 12.5 Å². The van der Waals surface area contributed by atoms with Crippen molar-refractivity contribution in [1.29, 1.82) is 0 Å². The molecule has 0 aromatic heterocycles. The average molecular weight is 260 g/mol. The van der Waals surface area contributed by atoms with Crippen molar-refractivity contribution in [1.82, 2.24) is 0 Å². The Labute approximate surface area is 98.7 Å². The van der Waals surface area contributed by atoms with Crippen molar-refractivity contribution in [2.24, 2.45) is 0 Å². The van der Waals surface area contributed by atoms with Crippen molar-refractivity contribution < 1.29 is 17.9 Å². The lowest BCUT2D eigenvalue weighted by atomic mass is 10.6. The standard InChI is InChI=1S/C3H6O.C2H6O2S.C2H6O.C2H6S/c1-3(2)4;1-5(2,3)4;2*1-3-2/h1-2H3;1-2H3;2*1-2H3. The smallest absolute Gasteiger partial charge is 0.144 e. The molecule has 0 rings (SSSR count). The van der Waals surface area contributed by atoms with Crippen LogP contribution in [0.5, 0.6) is 0 Å². The molecule has 0 aliphatic carbocycles. The van der Waals surface area contributed by atoms with Gasteiger partial charge in [0, 0.05) is 26.7 Å². The normalized spacial score (nSPS) is 8.00. The van der Waals surface area contributed by atoms with Gasteiger partial charge in [-0.15, -0.1) is 0 Å². The van der Waals surface area contributed by atoms with Crippen LogP contribution in [-0.4, -0.2) is 53.4 Å². The van der Waals surface area contributed by atoms with Crippen LogP contribution < -0.4 is 0 Å². The lowest BCUT2D eigenvalue weighted by molar-refractivity contribution is -0.114. The Morgan fingerprint density at radius 1 is 1.07 bits per heavy atom. The topological polar surface area (TPSA) is 60.4 Å². The molecule has 0 aliphatic heterocycles. The number of methoxy groups -OCH3 is 1. The first-order valence-electron chi connectivity index (χ1n) is 3.99. The Kier molecular flexibility index (Phi) is 31.5. The van der Waals surface area contributed by atoms with Crippen LogP contribution in [0.25, 0.3) is 0 Å². The molecule has 4 nitrogen and oxygen atoms in total. The molecule has 0 aromatic rings. The van der Waals surface area contributed by atoms with Gasteiger partial charge in [-0.2, -0.15) is 11.8 Å². The van der Waals surface area contributed by atoms with Crippen molar-refractivity contribution in [3.05, 3.63) is 0 Å². The zero-order chi connectivity index (χ0) is 13.5. The molecule has 0 saturated carbocycles. The molecule has 0 fully saturated rings. The largest absolute Gasteiger partial charge is 0.388 e. The van der Waals surface area contributed by atoms with E-state index in [1.54, 1.807) is 26.0 Å². The predicted octanol–water partition coefficient (Wildman–Crippen LogP) is 1.50. The van der Waals surface area contributed by atoms with E-state index >= 15 is 0 Å². The van der Waals surface area contributed by atoms with Crippen LogP contribution in [0.4, 0.5) is 0 Å². The third kappa shape index (κ3) is 405000. The van der Waals surface area contributed by atoms with Gasteiger partial charge in [0.1, 0.15) is 15.6 Å². The maximum absolute atomic E-state index is 9.63. The summed E-state index contributed by atoms with van der Waals surface area (Å²) in [5.41, 5.74) is 0. The van der Waals surface area contributed by atoms with E-state index in [1.807, 2.05) is 12.5 Å². The second-order valence-corrected chi connectivity index (χ2v) is 5.97. The number of ketones is 1. The average Bonchev–Trinajstić information content (AvgIpc) is 1.82. The lowest BCUT2D eigenvalue weighted by Gasteiger charge is -1.69. The Morgan fingerprint density at radius 2 is 1.07 bits per heavy atom. The predicted molar refractivity (Wildman–Crippen MR) is 69.5 cm³/mol. The molecule has 0 radical (unpaired) electrons. The quantitative estimate of drug-likeness (QED) is 0.660. The molecular formula is C9H24O4S2. The van der Waals surface area contributed by atoms with Gasteiger partial charge in [-0.1, -0.05) is 0 Å². The van der Waals surface area contributed by atoms with Crippen LogP contribution in [0.2, 0.25) is 0 Å². The van der Waals surface area contributed by atoms with E-state index < -0.39 is 9.84 Å². The van der Waals surface area contributed by atoms with Crippen LogP contribution in [0, 0.1) is 0 Å². The molecule has 0 bridgehead atoms. The van der Waals surface area contributed by atoms with Crippen LogP contribution >= 0.6 is 11.8 Å². The summed E-state index contributed by atoms with van der Waals surface area (Å²) < 4.78 is 23.5. The summed E-state index contributed by atoms with van der Waals surface area (Å²) in [6.07, 6.45) is 6.40. The number of hydrogen-bond donors (Lipinski definition) is 0. The van der Waals surface area contributed by atoms with E-state index in [4.69, 9.17) is 0 Å². The van der Waals surface area contributed by atoms with Crippen LogP contribution in [-0.2, 0) is 19.4 Å². The highest BCUT2D eigenvalue weighted by molar-refractivity contribution is 7.97. The molecule has 96 valence electrons. The second kappa shape index (κ2) is 19.5. The van der Waals surface area contributed by atoms with E-state index in [2.05, 4.69) is 4.74 Å². The molecule has 0 aromatic carbocycles. The summed E-state index contributed by atoms with van der Waals surface area (Å²) in [5, 5.41) is 0. The fourth-order valence-corrected chi connectivity index (χ4v) is 0. The molecule has 0 atom stereocenters. The van der Waals surface area contributed by atoms with Crippen molar-refractivity contribution in [3.63, 3.8) is 0 Å². The van der Waals surface area contributed by atoms with Gasteiger partial charge >= 0.3 is 0 Å². The number of Topliss-reactive ketones (excluding diaryl/α,β-unsaturated/α-hetero) is 1. The maximum atomic E-state index is 9.63. The molecule has 0 spiro atoms.